The molecule has 2 amide bonds. The Morgan fingerprint density at radius 3 is 2.39 bits per heavy atom. The van der Waals surface area contributed by atoms with Crippen molar-refractivity contribution in [1.29, 1.82) is 0 Å². The second-order valence-corrected chi connectivity index (χ2v) is 8.51. The molecule has 6 nitrogen and oxygen atoms in total. The van der Waals surface area contributed by atoms with Crippen LogP contribution in [-0.4, -0.2) is 43.5 Å². The molecule has 0 aliphatic carbocycles. The summed E-state index contributed by atoms with van der Waals surface area (Å²) in [6.45, 7) is 0.468. The van der Waals surface area contributed by atoms with Gasteiger partial charge in [0.25, 0.3) is 0 Å². The molecule has 7 heteroatoms. The number of hydrogen-bond donors (Lipinski definition) is 1. The molecule has 2 aromatic rings. The lowest BCUT2D eigenvalue weighted by molar-refractivity contribution is -0.131. The number of nitrogens with one attached hydrogen (secondary N) is 1. The van der Waals surface area contributed by atoms with E-state index in [-0.39, 0.29) is 11.8 Å². The normalized spacial score (nSPS) is 17.9. The maximum absolute atomic E-state index is 12.8. The first-order valence-electron chi connectivity index (χ1n) is 10.3. The van der Waals surface area contributed by atoms with Gasteiger partial charge in [0.15, 0.2) is 11.5 Å². The Bertz CT molecular complexity index is 932. The molecule has 1 aliphatic heterocycles. The van der Waals surface area contributed by atoms with Crippen LogP contribution in [0.25, 0.3) is 0 Å². The van der Waals surface area contributed by atoms with Gasteiger partial charge in [0.1, 0.15) is 0 Å². The molecule has 1 atom stereocenters. The van der Waals surface area contributed by atoms with Gasteiger partial charge in [-0.1, -0.05) is 29.8 Å². The van der Waals surface area contributed by atoms with Crippen molar-refractivity contribution >= 4 is 23.4 Å². The Labute approximate surface area is 188 Å². The molecule has 1 unspecified atom stereocenters. The smallest absolute Gasteiger partial charge is 0.222 e. The molecule has 1 aliphatic rings. The second-order valence-electron chi connectivity index (χ2n) is 8.07. The van der Waals surface area contributed by atoms with Crippen LogP contribution in [0.5, 0.6) is 11.5 Å². The van der Waals surface area contributed by atoms with E-state index in [0.29, 0.717) is 48.7 Å². The predicted octanol–water partition coefficient (Wildman–Crippen LogP) is 3.99. The van der Waals surface area contributed by atoms with Crippen LogP contribution in [0.15, 0.2) is 42.5 Å². The molecule has 2 aromatic carbocycles. The molecule has 1 fully saturated rings. The Balaban J connectivity index is 1.62. The SMILES string of the molecule is COc1ccc(CN(C)C(=O)CCC2(Cc3ccc(Cl)cc3)CCC(=O)N2)cc1OC. The van der Waals surface area contributed by atoms with E-state index in [4.69, 9.17) is 21.1 Å². The minimum absolute atomic E-state index is 0.0337. The summed E-state index contributed by atoms with van der Waals surface area (Å²) < 4.78 is 10.6. The van der Waals surface area contributed by atoms with Crippen molar-refractivity contribution in [1.82, 2.24) is 10.2 Å². The second kappa shape index (κ2) is 10.1. The van der Waals surface area contributed by atoms with Gasteiger partial charge in [-0.3, -0.25) is 9.59 Å². The van der Waals surface area contributed by atoms with Gasteiger partial charge in [0.2, 0.25) is 11.8 Å². The number of carbonyl (C=O) groups excluding carboxylic acids is 2. The predicted molar refractivity (Wildman–Crippen MR) is 121 cm³/mol. The summed E-state index contributed by atoms with van der Waals surface area (Å²) in [7, 11) is 4.97. The van der Waals surface area contributed by atoms with Crippen molar-refractivity contribution < 1.29 is 19.1 Å². The van der Waals surface area contributed by atoms with Crippen LogP contribution in [0.2, 0.25) is 5.02 Å². The highest BCUT2D eigenvalue weighted by Gasteiger charge is 2.38. The third kappa shape index (κ3) is 5.91. The van der Waals surface area contributed by atoms with Gasteiger partial charge < -0.3 is 19.7 Å². The van der Waals surface area contributed by atoms with Gasteiger partial charge in [-0.25, -0.2) is 0 Å². The summed E-state index contributed by atoms with van der Waals surface area (Å²) in [6, 6.07) is 13.3. The third-order valence-electron chi connectivity index (χ3n) is 5.80. The monoisotopic (exact) mass is 444 g/mol. The number of amides is 2. The van der Waals surface area contributed by atoms with Gasteiger partial charge in [-0.15, -0.1) is 0 Å². The van der Waals surface area contributed by atoms with Gasteiger partial charge in [-0.2, -0.15) is 0 Å². The fourth-order valence-corrected chi connectivity index (χ4v) is 4.18. The van der Waals surface area contributed by atoms with Crippen LogP contribution in [0.1, 0.15) is 36.8 Å². The summed E-state index contributed by atoms with van der Waals surface area (Å²) in [5.41, 5.74) is 1.65. The first-order valence-corrected chi connectivity index (χ1v) is 10.7. The van der Waals surface area contributed by atoms with E-state index >= 15 is 0 Å². The zero-order chi connectivity index (χ0) is 22.4. The minimum atomic E-state index is -0.398. The molecule has 0 radical (unpaired) electrons. The first-order chi connectivity index (χ1) is 14.8. The highest BCUT2D eigenvalue weighted by atomic mass is 35.5. The number of methoxy groups -OCH3 is 2. The molecule has 0 bridgehead atoms. The van der Waals surface area contributed by atoms with Crippen LogP contribution in [0, 0.1) is 0 Å². The lowest BCUT2D eigenvalue weighted by atomic mass is 9.85. The molecule has 3 rings (SSSR count). The van der Waals surface area contributed by atoms with Crippen molar-refractivity contribution in [2.24, 2.45) is 0 Å². The summed E-state index contributed by atoms with van der Waals surface area (Å²) in [4.78, 5) is 26.5. The molecular formula is C24H29ClN2O4. The number of carbonyl (C=O) groups is 2. The van der Waals surface area contributed by atoms with Crippen molar-refractivity contribution in [3.8, 4) is 11.5 Å². The quantitative estimate of drug-likeness (QED) is 0.635. The molecule has 1 N–H and O–H groups in total. The summed E-state index contributed by atoms with van der Waals surface area (Å²) in [5.74, 6) is 1.37. The van der Waals surface area contributed by atoms with Crippen LogP contribution in [0.4, 0.5) is 0 Å². The Morgan fingerprint density at radius 2 is 1.77 bits per heavy atom. The number of nitrogens with zero attached hydrogens (tertiary/aromatic N) is 1. The number of ether oxygens (including phenoxy) is 2. The van der Waals surface area contributed by atoms with Crippen molar-refractivity contribution in [3.05, 3.63) is 58.6 Å². The Kier molecular flexibility index (Phi) is 7.44. The summed E-state index contributed by atoms with van der Waals surface area (Å²) >= 11 is 5.99. The average molecular weight is 445 g/mol. The fraction of sp³-hybridized carbons (Fsp3) is 0.417. The highest BCUT2D eigenvalue weighted by molar-refractivity contribution is 6.30. The molecule has 0 aromatic heterocycles. The van der Waals surface area contributed by atoms with E-state index in [9.17, 15) is 9.59 Å². The zero-order valence-electron chi connectivity index (χ0n) is 18.2. The molecule has 1 saturated heterocycles. The van der Waals surface area contributed by atoms with E-state index in [1.54, 1.807) is 26.2 Å². The van der Waals surface area contributed by atoms with Gasteiger partial charge in [-0.05, 0) is 54.7 Å². The van der Waals surface area contributed by atoms with Crippen LogP contribution in [-0.2, 0) is 22.6 Å². The molecule has 0 spiro atoms. The van der Waals surface area contributed by atoms with E-state index in [1.165, 1.54) is 0 Å². The van der Waals surface area contributed by atoms with Crippen molar-refractivity contribution in [3.63, 3.8) is 0 Å². The van der Waals surface area contributed by atoms with Crippen LogP contribution < -0.4 is 14.8 Å². The van der Waals surface area contributed by atoms with E-state index in [2.05, 4.69) is 5.32 Å². The number of benzene rings is 2. The zero-order valence-corrected chi connectivity index (χ0v) is 19.0. The van der Waals surface area contributed by atoms with Gasteiger partial charge in [0.05, 0.1) is 14.2 Å². The maximum atomic E-state index is 12.8. The van der Waals surface area contributed by atoms with Crippen LogP contribution >= 0.6 is 11.6 Å². The molecule has 166 valence electrons. The largest absolute Gasteiger partial charge is 0.493 e. The molecule has 31 heavy (non-hydrogen) atoms. The maximum Gasteiger partial charge on any atom is 0.222 e. The van der Waals surface area contributed by atoms with Crippen LogP contribution in [0.3, 0.4) is 0 Å². The third-order valence-corrected chi connectivity index (χ3v) is 6.05. The fourth-order valence-electron chi connectivity index (χ4n) is 4.05. The first kappa shape index (κ1) is 22.9. The topological polar surface area (TPSA) is 67.9 Å². The lowest BCUT2D eigenvalue weighted by Gasteiger charge is -2.30. The van der Waals surface area contributed by atoms with E-state index in [0.717, 1.165) is 17.5 Å². The number of hydrogen-bond acceptors (Lipinski definition) is 4. The number of rotatable bonds is 9. The Morgan fingerprint density at radius 1 is 1.10 bits per heavy atom. The number of halogens is 1. The van der Waals surface area contributed by atoms with Crippen molar-refractivity contribution in [2.45, 2.75) is 44.2 Å². The molecule has 0 saturated carbocycles. The molecule has 1 heterocycles. The van der Waals surface area contributed by atoms with E-state index in [1.807, 2.05) is 42.5 Å². The standard InChI is InChI=1S/C24H29ClN2O4/c1-27(16-18-6-9-20(30-2)21(14-18)31-3)23(29)11-13-24(12-10-22(28)26-24)15-17-4-7-19(25)8-5-17/h4-9,14H,10-13,15-16H2,1-3H3,(H,26,28). The summed E-state index contributed by atoms with van der Waals surface area (Å²) in [6.07, 6.45) is 2.85. The lowest BCUT2D eigenvalue weighted by Crippen LogP contribution is -2.44. The van der Waals surface area contributed by atoms with Gasteiger partial charge in [0, 0.05) is 37.0 Å². The Hall–Kier alpha value is -2.73. The average Bonchev–Trinajstić information content (AvgIpc) is 3.14. The minimum Gasteiger partial charge on any atom is -0.493 e. The van der Waals surface area contributed by atoms with Gasteiger partial charge >= 0.3 is 0 Å². The highest BCUT2D eigenvalue weighted by Crippen LogP contribution is 2.31. The van der Waals surface area contributed by atoms with Crippen molar-refractivity contribution in [2.75, 3.05) is 21.3 Å². The molecular weight excluding hydrogens is 416 g/mol. The van der Waals surface area contributed by atoms with E-state index < -0.39 is 5.54 Å². The summed E-state index contributed by atoms with van der Waals surface area (Å²) in [5, 5.41) is 3.81.